The van der Waals surface area contributed by atoms with Gasteiger partial charge in [0.15, 0.2) is 0 Å². The first-order valence-corrected chi connectivity index (χ1v) is 8.90. The van der Waals surface area contributed by atoms with Gasteiger partial charge in [-0.15, -0.1) is 0 Å². The Hall–Kier alpha value is -2.93. The number of halogens is 4. The molecule has 3 rings (SSSR count). The molecule has 28 heavy (non-hydrogen) atoms. The van der Waals surface area contributed by atoms with E-state index in [0.29, 0.717) is 5.69 Å². The fourth-order valence-electron chi connectivity index (χ4n) is 2.26. The molecule has 0 aromatic heterocycles. The number of hydrogen-bond acceptors (Lipinski definition) is 3. The molecule has 3 aromatic carbocycles. The van der Waals surface area contributed by atoms with Crippen molar-refractivity contribution in [1.29, 1.82) is 0 Å². The lowest BCUT2D eigenvalue weighted by molar-refractivity contribution is -0.137. The lowest BCUT2D eigenvalue weighted by Crippen LogP contribution is -2.09. The molecule has 0 aliphatic rings. The van der Waals surface area contributed by atoms with E-state index >= 15 is 0 Å². The third-order valence-corrected chi connectivity index (χ3v) is 4.26. The van der Waals surface area contributed by atoms with E-state index in [-0.39, 0.29) is 11.3 Å². The maximum Gasteiger partial charge on any atom is 0.416 e. The summed E-state index contributed by atoms with van der Waals surface area (Å²) in [6, 6.07) is 18.0. The Morgan fingerprint density at radius 3 is 2.07 bits per heavy atom. The van der Waals surface area contributed by atoms with E-state index in [1.165, 1.54) is 0 Å². The van der Waals surface area contributed by atoms with Gasteiger partial charge < -0.3 is 4.74 Å². The Morgan fingerprint density at radius 2 is 1.50 bits per heavy atom. The van der Waals surface area contributed by atoms with Gasteiger partial charge in [0, 0.05) is 10.7 Å². The van der Waals surface area contributed by atoms with Crippen LogP contribution in [0.1, 0.15) is 21.5 Å². The molecule has 0 aliphatic carbocycles. The summed E-state index contributed by atoms with van der Waals surface area (Å²) in [5, 5.41) is 0. The van der Waals surface area contributed by atoms with E-state index in [4.69, 9.17) is 4.74 Å². The maximum atomic E-state index is 12.6. The number of carbonyl (C=O) groups excluding carboxylic acids is 1. The first kappa shape index (κ1) is 19.8. The highest BCUT2D eigenvalue weighted by molar-refractivity contribution is 9.10. The number of rotatable bonds is 4. The molecule has 0 unspecified atom stereocenters. The summed E-state index contributed by atoms with van der Waals surface area (Å²) in [7, 11) is 0. The minimum absolute atomic E-state index is 0.0373. The van der Waals surface area contributed by atoms with Crippen molar-refractivity contribution in [2.75, 3.05) is 0 Å². The normalized spacial score (nSPS) is 11.6. The van der Waals surface area contributed by atoms with Crippen LogP contribution in [0.25, 0.3) is 0 Å². The highest BCUT2D eigenvalue weighted by Crippen LogP contribution is 2.30. The van der Waals surface area contributed by atoms with Gasteiger partial charge in [-0.2, -0.15) is 13.2 Å². The van der Waals surface area contributed by atoms with Crippen LogP contribution in [0.2, 0.25) is 0 Å². The number of alkyl halides is 3. The van der Waals surface area contributed by atoms with Crippen LogP contribution in [0.3, 0.4) is 0 Å². The highest BCUT2D eigenvalue weighted by atomic mass is 79.9. The van der Waals surface area contributed by atoms with Gasteiger partial charge in [0.05, 0.1) is 16.8 Å². The van der Waals surface area contributed by atoms with Crippen molar-refractivity contribution in [2.45, 2.75) is 6.18 Å². The molecule has 0 atom stereocenters. The van der Waals surface area contributed by atoms with Gasteiger partial charge in [-0.05, 0) is 66.2 Å². The average Bonchev–Trinajstić information content (AvgIpc) is 2.67. The summed E-state index contributed by atoms with van der Waals surface area (Å²) in [5.41, 5.74) is 1.03. The van der Waals surface area contributed by atoms with Gasteiger partial charge in [0.1, 0.15) is 5.75 Å². The van der Waals surface area contributed by atoms with Crippen LogP contribution in [0.15, 0.2) is 82.3 Å². The largest absolute Gasteiger partial charge is 0.423 e. The summed E-state index contributed by atoms with van der Waals surface area (Å²) >= 11 is 3.36. The fraction of sp³-hybridized carbons (Fsp3) is 0.0476. The maximum absolute atomic E-state index is 12.6. The zero-order valence-corrected chi connectivity index (χ0v) is 15.9. The van der Waals surface area contributed by atoms with E-state index in [2.05, 4.69) is 20.9 Å². The Bertz CT molecular complexity index is 980. The number of aliphatic imine (C=N–C) groups is 1. The summed E-state index contributed by atoms with van der Waals surface area (Å²) in [6.45, 7) is 0. The molecule has 0 N–H and O–H groups in total. The van der Waals surface area contributed by atoms with E-state index in [0.717, 1.165) is 34.3 Å². The van der Waals surface area contributed by atoms with Crippen LogP contribution < -0.4 is 4.74 Å². The predicted molar refractivity (Wildman–Crippen MR) is 104 cm³/mol. The van der Waals surface area contributed by atoms with Gasteiger partial charge >= 0.3 is 12.1 Å². The molecule has 3 aromatic rings. The van der Waals surface area contributed by atoms with Gasteiger partial charge in [-0.25, -0.2) is 4.79 Å². The van der Waals surface area contributed by atoms with Crippen LogP contribution in [0.5, 0.6) is 5.75 Å². The zero-order chi connectivity index (χ0) is 20.1. The average molecular weight is 448 g/mol. The smallest absolute Gasteiger partial charge is 0.416 e. The van der Waals surface area contributed by atoms with Crippen molar-refractivity contribution in [1.82, 2.24) is 0 Å². The zero-order valence-electron chi connectivity index (χ0n) is 14.3. The second-order valence-electron chi connectivity index (χ2n) is 5.77. The second kappa shape index (κ2) is 8.39. The van der Waals surface area contributed by atoms with Crippen LogP contribution in [0.4, 0.5) is 18.9 Å². The fourth-order valence-corrected chi connectivity index (χ4v) is 2.52. The van der Waals surface area contributed by atoms with Gasteiger partial charge in [0.25, 0.3) is 0 Å². The predicted octanol–water partition coefficient (Wildman–Crippen LogP) is 6.44. The van der Waals surface area contributed by atoms with Gasteiger partial charge in [-0.3, -0.25) is 4.99 Å². The standard InChI is InChI=1S/C21H13BrF3NO2/c22-17-7-1-14(2-8-17)13-26-18-9-3-15(4-10-18)20(27)28-19-11-5-16(6-12-19)21(23,24)25/h1-13H. The van der Waals surface area contributed by atoms with Crippen LogP contribution in [-0.2, 0) is 6.18 Å². The number of esters is 1. The number of benzene rings is 3. The minimum Gasteiger partial charge on any atom is -0.423 e. The molecule has 3 nitrogen and oxygen atoms in total. The number of ether oxygens (including phenoxy) is 1. The summed E-state index contributed by atoms with van der Waals surface area (Å²) < 4.78 is 43.7. The molecular weight excluding hydrogens is 435 g/mol. The van der Waals surface area contributed by atoms with Crippen molar-refractivity contribution in [2.24, 2.45) is 4.99 Å². The highest BCUT2D eigenvalue weighted by Gasteiger charge is 2.30. The molecule has 7 heteroatoms. The molecule has 0 saturated carbocycles. The minimum atomic E-state index is -4.44. The summed E-state index contributed by atoms with van der Waals surface area (Å²) in [4.78, 5) is 16.5. The first-order valence-electron chi connectivity index (χ1n) is 8.10. The number of hydrogen-bond donors (Lipinski definition) is 0. The lowest BCUT2D eigenvalue weighted by atomic mass is 10.2. The molecule has 0 spiro atoms. The number of nitrogens with zero attached hydrogens (tertiary/aromatic N) is 1. The van der Waals surface area contributed by atoms with Crippen LogP contribution >= 0.6 is 15.9 Å². The number of carbonyl (C=O) groups is 1. The Kier molecular flexibility index (Phi) is 5.94. The molecule has 0 heterocycles. The molecular formula is C21H13BrF3NO2. The van der Waals surface area contributed by atoms with E-state index in [1.807, 2.05) is 24.3 Å². The van der Waals surface area contributed by atoms with Gasteiger partial charge in [0.2, 0.25) is 0 Å². The third kappa shape index (κ3) is 5.29. The molecule has 0 fully saturated rings. The Balaban J connectivity index is 1.64. The van der Waals surface area contributed by atoms with Crippen molar-refractivity contribution in [3.8, 4) is 5.75 Å². The van der Waals surface area contributed by atoms with E-state index < -0.39 is 17.7 Å². The van der Waals surface area contributed by atoms with E-state index in [1.54, 1.807) is 30.5 Å². The first-order chi connectivity index (χ1) is 13.3. The quantitative estimate of drug-likeness (QED) is 0.262. The molecule has 142 valence electrons. The van der Waals surface area contributed by atoms with Crippen molar-refractivity contribution in [3.05, 3.63) is 94.0 Å². The Morgan fingerprint density at radius 1 is 0.893 bits per heavy atom. The molecule has 0 bridgehead atoms. The molecule has 0 radical (unpaired) electrons. The molecule has 0 amide bonds. The second-order valence-corrected chi connectivity index (χ2v) is 6.68. The van der Waals surface area contributed by atoms with Crippen LogP contribution in [0, 0.1) is 0 Å². The van der Waals surface area contributed by atoms with Crippen molar-refractivity contribution >= 4 is 33.8 Å². The molecule has 0 saturated heterocycles. The van der Waals surface area contributed by atoms with Crippen LogP contribution in [-0.4, -0.2) is 12.2 Å². The third-order valence-electron chi connectivity index (χ3n) is 3.73. The van der Waals surface area contributed by atoms with E-state index in [9.17, 15) is 18.0 Å². The Labute approximate surface area is 167 Å². The summed E-state index contributed by atoms with van der Waals surface area (Å²) in [6.07, 6.45) is -2.74. The van der Waals surface area contributed by atoms with Crippen molar-refractivity contribution < 1.29 is 22.7 Å². The van der Waals surface area contributed by atoms with Gasteiger partial charge in [-0.1, -0.05) is 28.1 Å². The lowest BCUT2D eigenvalue weighted by Gasteiger charge is -2.08. The van der Waals surface area contributed by atoms with Crippen molar-refractivity contribution in [3.63, 3.8) is 0 Å². The molecule has 0 aliphatic heterocycles. The topological polar surface area (TPSA) is 38.7 Å². The monoisotopic (exact) mass is 447 g/mol. The SMILES string of the molecule is O=C(Oc1ccc(C(F)(F)F)cc1)c1ccc(N=Cc2ccc(Br)cc2)cc1. The summed E-state index contributed by atoms with van der Waals surface area (Å²) in [5.74, 6) is -0.626.